The number of benzene rings is 3. The molecule has 0 aliphatic heterocycles. The highest BCUT2D eigenvalue weighted by Gasteiger charge is 2.13. The molecule has 0 spiro atoms. The van der Waals surface area contributed by atoms with Gasteiger partial charge >= 0.3 is 11.9 Å². The first kappa shape index (κ1) is 19.8. The largest absolute Gasteiger partial charge is 0.497 e. The molecule has 0 aliphatic rings. The van der Waals surface area contributed by atoms with Gasteiger partial charge in [0.05, 0.1) is 18.2 Å². The standard InChI is InChI=1S/C23H18O6/c1-27-19-11-9-18(10-12-19)22(25)28-15-21(24)16-7-13-20(14-8-16)29-23(26)17-5-3-2-4-6-17/h2-14H,15H2,1H3. The molecule has 0 aliphatic carbocycles. The average molecular weight is 390 g/mol. The second kappa shape index (κ2) is 9.32. The Kier molecular flexibility index (Phi) is 6.37. The monoisotopic (exact) mass is 390 g/mol. The van der Waals surface area contributed by atoms with E-state index in [9.17, 15) is 14.4 Å². The SMILES string of the molecule is COc1ccc(C(=O)OCC(=O)c2ccc(OC(=O)c3ccccc3)cc2)cc1. The van der Waals surface area contributed by atoms with Gasteiger partial charge in [-0.1, -0.05) is 18.2 Å². The summed E-state index contributed by atoms with van der Waals surface area (Å²) in [5, 5.41) is 0. The molecule has 3 aromatic rings. The Balaban J connectivity index is 1.54. The molecule has 146 valence electrons. The van der Waals surface area contributed by atoms with Crippen LogP contribution in [0.2, 0.25) is 0 Å². The zero-order valence-electron chi connectivity index (χ0n) is 15.7. The van der Waals surface area contributed by atoms with Crippen molar-refractivity contribution in [3.63, 3.8) is 0 Å². The minimum Gasteiger partial charge on any atom is -0.497 e. The van der Waals surface area contributed by atoms with Crippen LogP contribution in [0.4, 0.5) is 0 Å². The first-order chi connectivity index (χ1) is 14.1. The Morgan fingerprint density at radius 2 is 1.21 bits per heavy atom. The molecule has 6 nitrogen and oxygen atoms in total. The maximum absolute atomic E-state index is 12.2. The minimum atomic E-state index is -0.602. The van der Waals surface area contributed by atoms with Crippen molar-refractivity contribution in [1.29, 1.82) is 0 Å². The van der Waals surface area contributed by atoms with Crippen LogP contribution in [-0.4, -0.2) is 31.4 Å². The van der Waals surface area contributed by atoms with Gasteiger partial charge in [-0.05, 0) is 60.7 Å². The molecule has 0 fully saturated rings. The average Bonchev–Trinajstić information content (AvgIpc) is 2.78. The summed E-state index contributed by atoms with van der Waals surface area (Å²) in [6.45, 7) is -0.395. The molecule has 0 N–H and O–H groups in total. The first-order valence-electron chi connectivity index (χ1n) is 8.78. The van der Waals surface area contributed by atoms with Crippen LogP contribution in [0.1, 0.15) is 31.1 Å². The van der Waals surface area contributed by atoms with Crippen LogP contribution < -0.4 is 9.47 Å². The molecule has 0 aromatic heterocycles. The third-order valence-corrected chi connectivity index (χ3v) is 4.06. The maximum Gasteiger partial charge on any atom is 0.343 e. The van der Waals surface area contributed by atoms with Gasteiger partial charge in [0.15, 0.2) is 12.4 Å². The number of ketones is 1. The summed E-state index contributed by atoms with van der Waals surface area (Å²) in [6, 6.07) is 21.0. The predicted molar refractivity (Wildman–Crippen MR) is 105 cm³/mol. The number of hydrogen-bond acceptors (Lipinski definition) is 6. The Morgan fingerprint density at radius 1 is 0.655 bits per heavy atom. The van der Waals surface area contributed by atoms with Gasteiger partial charge in [-0.3, -0.25) is 4.79 Å². The Morgan fingerprint density at radius 3 is 1.83 bits per heavy atom. The fraction of sp³-hybridized carbons (Fsp3) is 0.0870. The van der Waals surface area contributed by atoms with Crippen molar-refractivity contribution in [3.05, 3.63) is 95.6 Å². The lowest BCUT2D eigenvalue weighted by Crippen LogP contribution is -2.14. The molecule has 0 atom stereocenters. The van der Waals surface area contributed by atoms with Crippen molar-refractivity contribution in [2.24, 2.45) is 0 Å². The smallest absolute Gasteiger partial charge is 0.343 e. The van der Waals surface area contributed by atoms with E-state index in [4.69, 9.17) is 14.2 Å². The van der Waals surface area contributed by atoms with Crippen LogP contribution in [0.5, 0.6) is 11.5 Å². The van der Waals surface area contributed by atoms with Crippen LogP contribution >= 0.6 is 0 Å². The van der Waals surface area contributed by atoms with Crippen molar-refractivity contribution in [2.45, 2.75) is 0 Å². The third kappa shape index (κ3) is 5.29. The topological polar surface area (TPSA) is 78.9 Å². The van der Waals surface area contributed by atoms with E-state index in [1.54, 1.807) is 54.6 Å². The molecule has 3 aromatic carbocycles. The van der Waals surface area contributed by atoms with E-state index in [2.05, 4.69) is 0 Å². The van der Waals surface area contributed by atoms with Gasteiger partial charge < -0.3 is 14.2 Å². The molecule has 0 heterocycles. The zero-order valence-corrected chi connectivity index (χ0v) is 15.7. The molecular weight excluding hydrogens is 372 g/mol. The second-order valence-corrected chi connectivity index (χ2v) is 6.01. The van der Waals surface area contributed by atoms with E-state index >= 15 is 0 Å². The van der Waals surface area contributed by atoms with E-state index in [0.29, 0.717) is 28.2 Å². The summed E-state index contributed by atoms with van der Waals surface area (Å²) in [4.78, 5) is 36.3. The lowest BCUT2D eigenvalue weighted by Gasteiger charge is -2.07. The lowest BCUT2D eigenvalue weighted by molar-refractivity contribution is 0.0474. The number of methoxy groups -OCH3 is 1. The molecule has 0 amide bonds. The molecule has 3 rings (SSSR count). The van der Waals surface area contributed by atoms with Crippen molar-refractivity contribution in [2.75, 3.05) is 13.7 Å². The number of ether oxygens (including phenoxy) is 3. The fourth-order valence-corrected chi connectivity index (χ4v) is 2.47. The van der Waals surface area contributed by atoms with Gasteiger partial charge in [0.25, 0.3) is 0 Å². The molecule has 0 unspecified atom stereocenters. The Labute approximate surface area is 167 Å². The van der Waals surface area contributed by atoms with Gasteiger partial charge in [-0.25, -0.2) is 9.59 Å². The first-order valence-corrected chi connectivity index (χ1v) is 8.78. The number of rotatable bonds is 7. The highest BCUT2D eigenvalue weighted by Crippen LogP contribution is 2.16. The Hall–Kier alpha value is -3.93. The molecule has 0 saturated heterocycles. The van der Waals surface area contributed by atoms with Crippen LogP contribution in [0, 0.1) is 0 Å². The normalized spacial score (nSPS) is 10.1. The summed E-state index contributed by atoms with van der Waals surface area (Å²) in [5.74, 6) is -0.531. The number of Topliss-reactive ketones (excluding diaryl/α,β-unsaturated/α-hetero) is 1. The van der Waals surface area contributed by atoms with Crippen molar-refractivity contribution >= 4 is 17.7 Å². The van der Waals surface area contributed by atoms with Gasteiger partial charge in [0.1, 0.15) is 11.5 Å². The second-order valence-electron chi connectivity index (χ2n) is 6.01. The van der Waals surface area contributed by atoms with Crippen LogP contribution in [-0.2, 0) is 4.74 Å². The van der Waals surface area contributed by atoms with Gasteiger partial charge in [-0.15, -0.1) is 0 Å². The van der Waals surface area contributed by atoms with Gasteiger partial charge in [-0.2, -0.15) is 0 Å². The van der Waals surface area contributed by atoms with Crippen molar-refractivity contribution in [1.82, 2.24) is 0 Å². The molecule has 0 bridgehead atoms. The number of carbonyl (C=O) groups excluding carboxylic acids is 3. The summed E-state index contributed by atoms with van der Waals surface area (Å²) >= 11 is 0. The number of carbonyl (C=O) groups is 3. The number of hydrogen-bond donors (Lipinski definition) is 0. The zero-order chi connectivity index (χ0) is 20.6. The van der Waals surface area contributed by atoms with Crippen LogP contribution in [0.15, 0.2) is 78.9 Å². The van der Waals surface area contributed by atoms with Gasteiger partial charge in [0, 0.05) is 5.56 Å². The summed E-state index contributed by atoms with van der Waals surface area (Å²) in [6.07, 6.45) is 0. The molecular formula is C23H18O6. The molecule has 6 heteroatoms. The van der Waals surface area contributed by atoms with Gasteiger partial charge in [0.2, 0.25) is 0 Å². The highest BCUT2D eigenvalue weighted by atomic mass is 16.5. The van der Waals surface area contributed by atoms with Crippen LogP contribution in [0.25, 0.3) is 0 Å². The summed E-state index contributed by atoms with van der Waals surface area (Å²) < 4.78 is 15.3. The Bertz CT molecular complexity index is 992. The van der Waals surface area contributed by atoms with E-state index in [1.807, 2.05) is 0 Å². The summed E-state index contributed by atoms with van der Waals surface area (Å²) in [5.41, 5.74) is 1.09. The predicted octanol–water partition coefficient (Wildman–Crippen LogP) is 3.95. The summed E-state index contributed by atoms with van der Waals surface area (Å²) in [7, 11) is 1.53. The third-order valence-electron chi connectivity index (χ3n) is 4.06. The highest BCUT2D eigenvalue weighted by molar-refractivity contribution is 5.99. The minimum absolute atomic E-state index is 0.311. The fourth-order valence-electron chi connectivity index (χ4n) is 2.47. The van der Waals surface area contributed by atoms with Crippen molar-refractivity contribution in [3.8, 4) is 11.5 Å². The van der Waals surface area contributed by atoms with Crippen LogP contribution in [0.3, 0.4) is 0 Å². The molecule has 0 saturated carbocycles. The quantitative estimate of drug-likeness (QED) is 0.345. The van der Waals surface area contributed by atoms with Crippen molar-refractivity contribution < 1.29 is 28.6 Å². The molecule has 0 radical (unpaired) electrons. The van der Waals surface area contributed by atoms with E-state index < -0.39 is 18.5 Å². The maximum atomic E-state index is 12.2. The van der Waals surface area contributed by atoms with E-state index in [-0.39, 0.29) is 5.78 Å². The number of esters is 2. The van der Waals surface area contributed by atoms with E-state index in [1.165, 1.54) is 31.4 Å². The lowest BCUT2D eigenvalue weighted by atomic mass is 10.1. The molecule has 29 heavy (non-hydrogen) atoms. The van der Waals surface area contributed by atoms with E-state index in [0.717, 1.165) is 0 Å².